The van der Waals surface area contributed by atoms with Gasteiger partial charge in [-0.25, -0.2) is 9.67 Å². The molecule has 4 aromatic rings. The molecule has 1 aliphatic heterocycles. The molecular weight excluding hydrogens is 446 g/mol. The van der Waals surface area contributed by atoms with Gasteiger partial charge in [0.15, 0.2) is 5.65 Å². The van der Waals surface area contributed by atoms with Crippen molar-refractivity contribution in [2.45, 2.75) is 47.5 Å². The predicted molar refractivity (Wildman–Crippen MR) is 146 cm³/mol. The maximum Gasteiger partial charge on any atom is 0.223 e. The number of hydrogen-bond donors (Lipinski definition) is 0. The smallest absolute Gasteiger partial charge is 0.223 e. The molecule has 0 saturated carbocycles. The van der Waals surface area contributed by atoms with Gasteiger partial charge in [-0.2, -0.15) is 5.10 Å². The van der Waals surface area contributed by atoms with Crippen LogP contribution in [0.4, 0.5) is 5.69 Å². The van der Waals surface area contributed by atoms with E-state index in [4.69, 9.17) is 10.1 Å². The number of carbonyl (C=O) groups excluding carboxylic acids is 1. The molecule has 0 atom stereocenters. The maximum absolute atomic E-state index is 13.1. The van der Waals surface area contributed by atoms with Crippen LogP contribution in [0.3, 0.4) is 0 Å². The van der Waals surface area contributed by atoms with Crippen molar-refractivity contribution >= 4 is 22.6 Å². The van der Waals surface area contributed by atoms with Crippen molar-refractivity contribution in [3.05, 3.63) is 82.2 Å². The summed E-state index contributed by atoms with van der Waals surface area (Å²) in [4.78, 5) is 22.5. The standard InChI is InChI=1S/C30H35N5O/c1-20-10-9-13-27(21(20)2)33-16-18-34(19-17-33)28(36)15-14-26-22(3)29-24(5)32-35(30(29)31-23(26)4)25-11-7-6-8-12-25/h6-13H,14-19H2,1-5H3. The second-order valence-electron chi connectivity index (χ2n) is 9.92. The Bertz CT molecular complexity index is 1410. The van der Waals surface area contributed by atoms with Crippen LogP contribution in [0.5, 0.6) is 0 Å². The van der Waals surface area contributed by atoms with Gasteiger partial charge in [-0.05, 0) is 81.5 Å². The third kappa shape index (κ3) is 4.36. The van der Waals surface area contributed by atoms with E-state index in [1.54, 1.807) is 0 Å². The van der Waals surface area contributed by atoms with E-state index in [1.165, 1.54) is 27.9 Å². The number of benzene rings is 2. The molecule has 186 valence electrons. The van der Waals surface area contributed by atoms with Crippen LogP contribution in [0.25, 0.3) is 16.7 Å². The second kappa shape index (κ2) is 9.76. The molecule has 1 fully saturated rings. The van der Waals surface area contributed by atoms with Gasteiger partial charge in [0.2, 0.25) is 5.91 Å². The van der Waals surface area contributed by atoms with Crippen LogP contribution in [0.1, 0.15) is 40.1 Å². The van der Waals surface area contributed by atoms with Crippen LogP contribution < -0.4 is 4.90 Å². The van der Waals surface area contributed by atoms with E-state index in [0.29, 0.717) is 12.8 Å². The summed E-state index contributed by atoms with van der Waals surface area (Å²) in [5.41, 5.74) is 10.1. The number of hydrogen-bond acceptors (Lipinski definition) is 4. The van der Waals surface area contributed by atoms with E-state index in [1.807, 2.05) is 53.8 Å². The van der Waals surface area contributed by atoms with Crippen molar-refractivity contribution in [3.63, 3.8) is 0 Å². The van der Waals surface area contributed by atoms with Gasteiger partial charge in [-0.1, -0.05) is 30.3 Å². The fraction of sp³-hybridized carbons (Fsp3) is 0.367. The first kappa shape index (κ1) is 24.0. The number of para-hydroxylation sites is 1. The van der Waals surface area contributed by atoms with Crippen molar-refractivity contribution in [3.8, 4) is 5.69 Å². The van der Waals surface area contributed by atoms with Crippen LogP contribution in [-0.2, 0) is 11.2 Å². The third-order valence-corrected chi connectivity index (χ3v) is 7.71. The minimum atomic E-state index is 0.228. The summed E-state index contributed by atoms with van der Waals surface area (Å²) in [6.07, 6.45) is 1.21. The zero-order valence-corrected chi connectivity index (χ0v) is 22.0. The summed E-state index contributed by atoms with van der Waals surface area (Å²) in [7, 11) is 0. The van der Waals surface area contributed by atoms with Gasteiger partial charge in [-0.15, -0.1) is 0 Å². The number of pyridine rings is 1. The van der Waals surface area contributed by atoms with E-state index in [2.05, 4.69) is 43.9 Å². The van der Waals surface area contributed by atoms with Crippen LogP contribution in [0.2, 0.25) is 0 Å². The number of aryl methyl sites for hydroxylation is 4. The highest BCUT2D eigenvalue weighted by molar-refractivity contribution is 5.85. The molecule has 0 N–H and O–H groups in total. The number of carbonyl (C=O) groups is 1. The molecule has 2 aromatic heterocycles. The summed E-state index contributed by atoms with van der Waals surface area (Å²) in [6.45, 7) is 13.9. The van der Waals surface area contributed by atoms with Crippen molar-refractivity contribution in [1.82, 2.24) is 19.7 Å². The minimum Gasteiger partial charge on any atom is -0.368 e. The Kier molecular flexibility index (Phi) is 6.52. The number of anilines is 1. The fourth-order valence-electron chi connectivity index (χ4n) is 5.49. The normalized spacial score (nSPS) is 14.0. The summed E-state index contributed by atoms with van der Waals surface area (Å²) in [6, 6.07) is 16.6. The van der Waals surface area contributed by atoms with E-state index in [0.717, 1.165) is 54.3 Å². The average Bonchev–Trinajstić information content (AvgIpc) is 3.22. The summed E-state index contributed by atoms with van der Waals surface area (Å²) < 4.78 is 1.93. The highest BCUT2D eigenvalue weighted by Gasteiger charge is 2.23. The highest BCUT2D eigenvalue weighted by Crippen LogP contribution is 2.29. The lowest BCUT2D eigenvalue weighted by atomic mass is 9.99. The zero-order valence-electron chi connectivity index (χ0n) is 22.0. The second-order valence-corrected chi connectivity index (χ2v) is 9.92. The summed E-state index contributed by atoms with van der Waals surface area (Å²) in [5, 5.41) is 5.88. The molecule has 5 rings (SSSR count). The molecule has 1 saturated heterocycles. The fourth-order valence-corrected chi connectivity index (χ4v) is 5.49. The minimum absolute atomic E-state index is 0.228. The van der Waals surface area contributed by atoms with Crippen molar-refractivity contribution < 1.29 is 4.79 Å². The molecule has 0 spiro atoms. The number of piperazine rings is 1. The molecule has 0 unspecified atom stereocenters. The first-order valence-corrected chi connectivity index (χ1v) is 12.8. The lowest BCUT2D eigenvalue weighted by molar-refractivity contribution is -0.131. The Hall–Kier alpha value is -3.67. The number of rotatable bonds is 5. The maximum atomic E-state index is 13.1. The first-order valence-electron chi connectivity index (χ1n) is 12.8. The van der Waals surface area contributed by atoms with Crippen LogP contribution in [-0.4, -0.2) is 51.8 Å². The summed E-state index contributed by atoms with van der Waals surface area (Å²) in [5.74, 6) is 0.228. The largest absolute Gasteiger partial charge is 0.368 e. The summed E-state index contributed by atoms with van der Waals surface area (Å²) >= 11 is 0. The van der Waals surface area contributed by atoms with Gasteiger partial charge in [0.1, 0.15) is 0 Å². The molecule has 0 radical (unpaired) electrons. The first-order chi connectivity index (χ1) is 17.3. The molecule has 6 heteroatoms. The van der Waals surface area contributed by atoms with Gasteiger partial charge in [-0.3, -0.25) is 4.79 Å². The molecule has 0 bridgehead atoms. The molecule has 36 heavy (non-hydrogen) atoms. The Morgan fingerprint density at radius 3 is 2.28 bits per heavy atom. The van der Waals surface area contributed by atoms with E-state index in [-0.39, 0.29) is 5.91 Å². The van der Waals surface area contributed by atoms with Crippen molar-refractivity contribution in [2.75, 3.05) is 31.1 Å². The molecule has 6 nitrogen and oxygen atoms in total. The van der Waals surface area contributed by atoms with Crippen LogP contribution >= 0.6 is 0 Å². The average molecular weight is 482 g/mol. The molecule has 1 amide bonds. The third-order valence-electron chi connectivity index (χ3n) is 7.71. The topological polar surface area (TPSA) is 54.3 Å². The van der Waals surface area contributed by atoms with E-state index in [9.17, 15) is 4.79 Å². The molecule has 2 aromatic carbocycles. The van der Waals surface area contributed by atoms with Gasteiger partial charge in [0.25, 0.3) is 0 Å². The zero-order chi connectivity index (χ0) is 25.4. The molecular formula is C30H35N5O. The number of amides is 1. The Balaban J connectivity index is 1.29. The Morgan fingerprint density at radius 1 is 0.833 bits per heavy atom. The molecule has 3 heterocycles. The van der Waals surface area contributed by atoms with Crippen molar-refractivity contribution in [1.29, 1.82) is 0 Å². The lowest BCUT2D eigenvalue weighted by Gasteiger charge is -2.37. The predicted octanol–water partition coefficient (Wildman–Crippen LogP) is 5.24. The highest BCUT2D eigenvalue weighted by atomic mass is 16.2. The van der Waals surface area contributed by atoms with Crippen LogP contribution in [0, 0.1) is 34.6 Å². The monoisotopic (exact) mass is 481 g/mol. The van der Waals surface area contributed by atoms with Crippen LogP contribution in [0.15, 0.2) is 48.5 Å². The van der Waals surface area contributed by atoms with E-state index < -0.39 is 0 Å². The van der Waals surface area contributed by atoms with E-state index >= 15 is 0 Å². The van der Waals surface area contributed by atoms with Gasteiger partial charge < -0.3 is 9.80 Å². The number of nitrogens with zero attached hydrogens (tertiary/aromatic N) is 5. The van der Waals surface area contributed by atoms with Gasteiger partial charge in [0.05, 0.1) is 11.4 Å². The lowest BCUT2D eigenvalue weighted by Crippen LogP contribution is -2.49. The number of fused-ring (bicyclic) bond motifs is 1. The number of aromatic nitrogens is 3. The molecule has 1 aliphatic rings. The quantitative estimate of drug-likeness (QED) is 0.391. The Morgan fingerprint density at radius 2 is 1.56 bits per heavy atom. The van der Waals surface area contributed by atoms with Crippen molar-refractivity contribution in [2.24, 2.45) is 0 Å². The van der Waals surface area contributed by atoms with Gasteiger partial charge in [0, 0.05) is 49.4 Å². The molecule has 0 aliphatic carbocycles. The Labute approximate surface area is 213 Å². The SMILES string of the molecule is Cc1cccc(N2CCN(C(=O)CCc3c(C)nc4c(c(C)nn4-c4ccccc4)c3C)CC2)c1C. The van der Waals surface area contributed by atoms with Gasteiger partial charge >= 0.3 is 0 Å².